The molecule has 0 bridgehead atoms. The Hall–Kier alpha value is -2.63. The number of rotatable bonds is 55. The average molecular weight is 968 g/mol. The molecule has 0 aromatic rings. The molecule has 1 atom stereocenters. The quantitative estimate of drug-likeness (QED) is 0.0262. The van der Waals surface area contributed by atoms with Crippen LogP contribution in [0.4, 0.5) is 0 Å². The first-order valence-electron chi connectivity index (χ1n) is 30.1. The smallest absolute Gasteiger partial charge is 0.306 e. The van der Waals surface area contributed by atoms with Crippen LogP contribution in [0.5, 0.6) is 0 Å². The van der Waals surface area contributed by atoms with Gasteiger partial charge in [0.05, 0.1) is 0 Å². The number of unbranched alkanes of at least 4 members (excludes halogenated alkanes) is 36. The Morgan fingerprint density at radius 3 is 0.855 bits per heavy atom. The van der Waals surface area contributed by atoms with Gasteiger partial charge in [-0.2, -0.15) is 0 Å². The van der Waals surface area contributed by atoms with E-state index in [2.05, 4.69) is 69.4 Å². The third kappa shape index (κ3) is 56.2. The van der Waals surface area contributed by atoms with E-state index in [1.54, 1.807) is 0 Å². The highest BCUT2D eigenvalue weighted by molar-refractivity contribution is 5.71. The Kier molecular flexibility index (Phi) is 55.7. The Bertz CT molecular complexity index is 1200. The van der Waals surface area contributed by atoms with Crippen molar-refractivity contribution in [2.24, 2.45) is 0 Å². The van der Waals surface area contributed by atoms with Crippen molar-refractivity contribution in [1.82, 2.24) is 0 Å². The standard InChI is InChI=1S/C63H114O6/c1-4-7-10-13-16-19-22-25-28-30-31-33-36-38-41-44-47-50-53-56-62(65)68-59-60(69-63(66)57-54-51-48-45-42-39-34-27-24-21-18-15-12-9-6-3)58-67-61(64)55-52-49-46-43-40-37-35-32-29-26-23-20-17-14-11-8-5-2/h17,20-21,24-26,28-29,60H,4-16,18-19,22-23,27,30-59H2,1-3H3/b20-17-,24-21-,28-25-,29-26-/t60-/m1/s1. The van der Waals surface area contributed by atoms with Crippen LogP contribution < -0.4 is 0 Å². The molecule has 0 aliphatic rings. The highest BCUT2D eigenvalue weighted by atomic mass is 16.6. The lowest BCUT2D eigenvalue weighted by atomic mass is 10.1. The SMILES string of the molecule is CCCCC/C=C\C/C=C\CCCCCCCCCC(=O)OC[C@H](COC(=O)CCCCCCCCCCC/C=C\CCCCCCCC)OC(=O)CCCCCCCCC/C=C\CCCCCC. The van der Waals surface area contributed by atoms with E-state index in [4.69, 9.17) is 14.2 Å². The molecule has 0 aromatic carbocycles. The van der Waals surface area contributed by atoms with Crippen LogP contribution in [0, 0.1) is 0 Å². The largest absolute Gasteiger partial charge is 0.462 e. The molecule has 0 saturated carbocycles. The summed E-state index contributed by atoms with van der Waals surface area (Å²) < 4.78 is 16.9. The number of carbonyl (C=O) groups is 3. The summed E-state index contributed by atoms with van der Waals surface area (Å²) in [6.45, 7) is 6.62. The summed E-state index contributed by atoms with van der Waals surface area (Å²) in [5, 5.41) is 0. The maximum absolute atomic E-state index is 12.9. The minimum Gasteiger partial charge on any atom is -0.462 e. The molecule has 6 nitrogen and oxygen atoms in total. The maximum Gasteiger partial charge on any atom is 0.306 e. The predicted octanol–water partition coefficient (Wildman–Crippen LogP) is 20.2. The second-order valence-corrected chi connectivity index (χ2v) is 20.2. The van der Waals surface area contributed by atoms with E-state index in [0.29, 0.717) is 19.3 Å². The van der Waals surface area contributed by atoms with Gasteiger partial charge in [-0.25, -0.2) is 0 Å². The molecule has 6 heteroatoms. The van der Waals surface area contributed by atoms with E-state index in [0.717, 1.165) is 70.6 Å². The Morgan fingerprint density at radius 1 is 0.290 bits per heavy atom. The summed E-state index contributed by atoms with van der Waals surface area (Å²) in [6, 6.07) is 0. The van der Waals surface area contributed by atoms with Gasteiger partial charge in [-0.3, -0.25) is 14.4 Å². The first-order valence-corrected chi connectivity index (χ1v) is 30.1. The van der Waals surface area contributed by atoms with Gasteiger partial charge >= 0.3 is 17.9 Å². The van der Waals surface area contributed by atoms with E-state index in [-0.39, 0.29) is 31.1 Å². The molecule has 0 rings (SSSR count). The van der Waals surface area contributed by atoms with Gasteiger partial charge in [0.25, 0.3) is 0 Å². The Balaban J connectivity index is 4.36. The summed E-state index contributed by atoms with van der Waals surface area (Å²) in [5.74, 6) is -0.876. The molecule has 0 aliphatic carbocycles. The van der Waals surface area contributed by atoms with E-state index in [1.165, 1.54) is 205 Å². The fraction of sp³-hybridized carbons (Fsp3) is 0.825. The molecule has 0 heterocycles. The van der Waals surface area contributed by atoms with Crippen LogP contribution in [0.15, 0.2) is 48.6 Å². The van der Waals surface area contributed by atoms with Crippen molar-refractivity contribution in [2.45, 2.75) is 322 Å². The molecule has 0 amide bonds. The van der Waals surface area contributed by atoms with Crippen LogP contribution in [0.1, 0.15) is 316 Å². The fourth-order valence-electron chi connectivity index (χ4n) is 8.70. The number of carbonyl (C=O) groups excluding carboxylic acids is 3. The molecular weight excluding hydrogens is 853 g/mol. The van der Waals surface area contributed by atoms with Gasteiger partial charge in [-0.15, -0.1) is 0 Å². The number of ether oxygens (including phenoxy) is 3. The highest BCUT2D eigenvalue weighted by Gasteiger charge is 2.19. The maximum atomic E-state index is 12.9. The minimum absolute atomic E-state index is 0.0766. The zero-order valence-corrected chi connectivity index (χ0v) is 46.1. The van der Waals surface area contributed by atoms with Crippen LogP contribution >= 0.6 is 0 Å². The highest BCUT2D eigenvalue weighted by Crippen LogP contribution is 2.16. The molecule has 0 saturated heterocycles. The van der Waals surface area contributed by atoms with E-state index >= 15 is 0 Å². The van der Waals surface area contributed by atoms with Crippen molar-refractivity contribution in [2.75, 3.05) is 13.2 Å². The van der Waals surface area contributed by atoms with E-state index in [1.807, 2.05) is 0 Å². The van der Waals surface area contributed by atoms with Crippen molar-refractivity contribution in [3.05, 3.63) is 48.6 Å². The van der Waals surface area contributed by atoms with Crippen molar-refractivity contribution < 1.29 is 28.6 Å². The van der Waals surface area contributed by atoms with Crippen LogP contribution in [0.25, 0.3) is 0 Å². The third-order valence-corrected chi connectivity index (χ3v) is 13.3. The molecule has 69 heavy (non-hydrogen) atoms. The summed E-state index contributed by atoms with van der Waals surface area (Å²) >= 11 is 0. The first kappa shape index (κ1) is 66.4. The third-order valence-electron chi connectivity index (χ3n) is 13.3. The second kappa shape index (κ2) is 57.9. The van der Waals surface area contributed by atoms with Gasteiger partial charge in [-0.1, -0.05) is 243 Å². The fourth-order valence-corrected chi connectivity index (χ4v) is 8.70. The topological polar surface area (TPSA) is 78.9 Å². The monoisotopic (exact) mass is 967 g/mol. The predicted molar refractivity (Wildman–Crippen MR) is 298 cm³/mol. The van der Waals surface area contributed by atoms with Crippen LogP contribution in [0.3, 0.4) is 0 Å². The lowest BCUT2D eigenvalue weighted by Crippen LogP contribution is -2.30. The number of allylic oxidation sites excluding steroid dienone is 8. The van der Waals surface area contributed by atoms with Crippen LogP contribution in [0.2, 0.25) is 0 Å². The molecule has 0 aliphatic heterocycles. The molecule has 0 unspecified atom stereocenters. The minimum atomic E-state index is -0.779. The van der Waals surface area contributed by atoms with Crippen molar-refractivity contribution in [1.29, 1.82) is 0 Å². The summed E-state index contributed by atoms with van der Waals surface area (Å²) in [5.41, 5.74) is 0. The average Bonchev–Trinajstić information content (AvgIpc) is 3.35. The number of hydrogen-bond acceptors (Lipinski definition) is 6. The molecular formula is C63H114O6. The second-order valence-electron chi connectivity index (χ2n) is 20.2. The zero-order valence-electron chi connectivity index (χ0n) is 46.1. The van der Waals surface area contributed by atoms with Gasteiger partial charge in [0.1, 0.15) is 13.2 Å². The van der Waals surface area contributed by atoms with E-state index in [9.17, 15) is 14.4 Å². The van der Waals surface area contributed by atoms with Gasteiger partial charge in [-0.05, 0) is 103 Å². The van der Waals surface area contributed by atoms with Crippen molar-refractivity contribution in [3.63, 3.8) is 0 Å². The summed E-state index contributed by atoms with van der Waals surface area (Å²) in [6.07, 6.45) is 71.0. The zero-order chi connectivity index (χ0) is 50.0. The van der Waals surface area contributed by atoms with Crippen LogP contribution in [-0.4, -0.2) is 37.2 Å². The normalized spacial score (nSPS) is 12.3. The summed E-state index contributed by atoms with van der Waals surface area (Å²) in [7, 11) is 0. The number of esters is 3. The Morgan fingerprint density at radius 2 is 0.522 bits per heavy atom. The van der Waals surface area contributed by atoms with Gasteiger partial charge in [0.2, 0.25) is 0 Å². The molecule has 402 valence electrons. The lowest BCUT2D eigenvalue weighted by Gasteiger charge is -2.18. The van der Waals surface area contributed by atoms with Gasteiger partial charge in [0.15, 0.2) is 6.10 Å². The van der Waals surface area contributed by atoms with Crippen LogP contribution in [-0.2, 0) is 28.6 Å². The van der Waals surface area contributed by atoms with Crippen molar-refractivity contribution in [3.8, 4) is 0 Å². The molecule has 0 fully saturated rings. The number of hydrogen-bond donors (Lipinski definition) is 0. The first-order chi connectivity index (χ1) is 34.0. The van der Waals surface area contributed by atoms with Crippen molar-refractivity contribution >= 4 is 17.9 Å². The molecule has 0 aromatic heterocycles. The molecule has 0 spiro atoms. The summed E-state index contributed by atoms with van der Waals surface area (Å²) in [4.78, 5) is 38.2. The lowest BCUT2D eigenvalue weighted by molar-refractivity contribution is -0.167. The van der Waals surface area contributed by atoms with Gasteiger partial charge in [0, 0.05) is 19.3 Å². The molecule has 0 radical (unpaired) electrons. The van der Waals surface area contributed by atoms with E-state index < -0.39 is 6.10 Å². The Labute approximate surface area is 428 Å². The van der Waals surface area contributed by atoms with Gasteiger partial charge < -0.3 is 14.2 Å². The molecule has 0 N–H and O–H groups in total.